The second-order valence-corrected chi connectivity index (χ2v) is 4.70. The van der Waals surface area contributed by atoms with Crippen molar-refractivity contribution in [3.63, 3.8) is 0 Å². The van der Waals surface area contributed by atoms with E-state index in [9.17, 15) is 0 Å². The number of nitrogens with one attached hydrogen (secondary N) is 1. The van der Waals surface area contributed by atoms with E-state index in [1.54, 1.807) is 0 Å². The third-order valence-electron chi connectivity index (χ3n) is 3.30. The first-order valence-corrected chi connectivity index (χ1v) is 6.38. The van der Waals surface area contributed by atoms with E-state index in [0.717, 1.165) is 43.4 Å². The Morgan fingerprint density at radius 3 is 3.00 bits per heavy atom. The SMILES string of the molecule is CCc1cc(NC(C)C2CCOC2)nc(C)n1. The van der Waals surface area contributed by atoms with Crippen LogP contribution in [0.2, 0.25) is 0 Å². The summed E-state index contributed by atoms with van der Waals surface area (Å²) >= 11 is 0. The lowest BCUT2D eigenvalue weighted by Crippen LogP contribution is -2.26. The molecule has 1 saturated heterocycles. The maximum absolute atomic E-state index is 5.41. The number of anilines is 1. The van der Waals surface area contributed by atoms with Crippen molar-refractivity contribution < 1.29 is 4.74 Å². The first-order valence-electron chi connectivity index (χ1n) is 6.38. The molecule has 4 nitrogen and oxygen atoms in total. The van der Waals surface area contributed by atoms with Gasteiger partial charge in [0, 0.05) is 30.3 Å². The fourth-order valence-corrected chi connectivity index (χ4v) is 2.18. The Morgan fingerprint density at radius 1 is 1.53 bits per heavy atom. The van der Waals surface area contributed by atoms with E-state index >= 15 is 0 Å². The van der Waals surface area contributed by atoms with Crippen LogP contribution in [-0.4, -0.2) is 29.2 Å². The summed E-state index contributed by atoms with van der Waals surface area (Å²) in [5.74, 6) is 2.37. The molecule has 2 rings (SSSR count). The summed E-state index contributed by atoms with van der Waals surface area (Å²) in [6.45, 7) is 7.99. The Kier molecular flexibility index (Phi) is 3.94. The van der Waals surface area contributed by atoms with Crippen molar-refractivity contribution in [3.05, 3.63) is 17.6 Å². The average molecular weight is 235 g/mol. The van der Waals surface area contributed by atoms with Crippen molar-refractivity contribution in [3.8, 4) is 0 Å². The summed E-state index contributed by atoms with van der Waals surface area (Å²) in [5.41, 5.74) is 1.09. The van der Waals surface area contributed by atoms with Crippen molar-refractivity contribution in [1.82, 2.24) is 9.97 Å². The number of aryl methyl sites for hydroxylation is 2. The highest BCUT2D eigenvalue weighted by atomic mass is 16.5. The van der Waals surface area contributed by atoms with Gasteiger partial charge in [0.1, 0.15) is 11.6 Å². The van der Waals surface area contributed by atoms with Gasteiger partial charge in [0.15, 0.2) is 0 Å². The van der Waals surface area contributed by atoms with Gasteiger partial charge in [-0.25, -0.2) is 9.97 Å². The molecule has 1 aliphatic rings. The van der Waals surface area contributed by atoms with Gasteiger partial charge in [-0.2, -0.15) is 0 Å². The maximum atomic E-state index is 5.41. The van der Waals surface area contributed by atoms with Gasteiger partial charge < -0.3 is 10.1 Å². The van der Waals surface area contributed by atoms with Crippen molar-refractivity contribution in [2.75, 3.05) is 18.5 Å². The van der Waals surface area contributed by atoms with E-state index < -0.39 is 0 Å². The van der Waals surface area contributed by atoms with Crippen LogP contribution < -0.4 is 5.32 Å². The van der Waals surface area contributed by atoms with Gasteiger partial charge in [-0.15, -0.1) is 0 Å². The van der Waals surface area contributed by atoms with Gasteiger partial charge >= 0.3 is 0 Å². The summed E-state index contributed by atoms with van der Waals surface area (Å²) in [7, 11) is 0. The van der Waals surface area contributed by atoms with Gasteiger partial charge in [0.2, 0.25) is 0 Å². The lowest BCUT2D eigenvalue weighted by Gasteiger charge is -2.20. The van der Waals surface area contributed by atoms with Crippen LogP contribution in [0.1, 0.15) is 31.8 Å². The third-order valence-corrected chi connectivity index (χ3v) is 3.30. The molecule has 0 amide bonds. The predicted octanol–water partition coefficient (Wildman–Crippen LogP) is 2.18. The molecule has 1 aliphatic heterocycles. The Bertz CT molecular complexity index is 375. The maximum Gasteiger partial charge on any atom is 0.130 e. The number of hydrogen-bond acceptors (Lipinski definition) is 4. The van der Waals surface area contributed by atoms with E-state index in [2.05, 4.69) is 29.1 Å². The molecule has 2 unspecified atom stereocenters. The molecule has 0 spiro atoms. The van der Waals surface area contributed by atoms with E-state index in [-0.39, 0.29) is 0 Å². The summed E-state index contributed by atoms with van der Waals surface area (Å²) in [6, 6.07) is 2.44. The number of nitrogens with zero attached hydrogens (tertiary/aromatic N) is 2. The van der Waals surface area contributed by atoms with Gasteiger partial charge in [-0.3, -0.25) is 0 Å². The molecule has 94 valence electrons. The highest BCUT2D eigenvalue weighted by Gasteiger charge is 2.22. The normalized spacial score (nSPS) is 21.5. The third kappa shape index (κ3) is 3.16. The minimum atomic E-state index is 0.400. The van der Waals surface area contributed by atoms with Crippen LogP contribution in [0.25, 0.3) is 0 Å². The molecule has 1 fully saturated rings. The number of ether oxygens (including phenoxy) is 1. The molecule has 4 heteroatoms. The van der Waals surface area contributed by atoms with Crippen LogP contribution in [-0.2, 0) is 11.2 Å². The second kappa shape index (κ2) is 5.45. The zero-order chi connectivity index (χ0) is 12.3. The summed E-state index contributed by atoms with van der Waals surface area (Å²) in [5, 5.41) is 3.47. The monoisotopic (exact) mass is 235 g/mol. The molecule has 1 aromatic heterocycles. The second-order valence-electron chi connectivity index (χ2n) is 4.70. The molecular weight excluding hydrogens is 214 g/mol. The van der Waals surface area contributed by atoms with E-state index in [1.807, 2.05) is 13.0 Å². The molecule has 0 saturated carbocycles. The molecule has 2 heterocycles. The molecule has 0 radical (unpaired) electrons. The molecule has 0 bridgehead atoms. The zero-order valence-corrected chi connectivity index (χ0v) is 10.9. The minimum Gasteiger partial charge on any atom is -0.381 e. The smallest absolute Gasteiger partial charge is 0.130 e. The Balaban J connectivity index is 2.04. The molecular formula is C13H21N3O. The summed E-state index contributed by atoms with van der Waals surface area (Å²) in [6.07, 6.45) is 2.08. The van der Waals surface area contributed by atoms with E-state index in [4.69, 9.17) is 4.74 Å². The van der Waals surface area contributed by atoms with Crippen molar-refractivity contribution in [1.29, 1.82) is 0 Å². The van der Waals surface area contributed by atoms with Gasteiger partial charge in [-0.1, -0.05) is 6.92 Å². The van der Waals surface area contributed by atoms with Crippen molar-refractivity contribution >= 4 is 5.82 Å². The minimum absolute atomic E-state index is 0.400. The van der Waals surface area contributed by atoms with Crippen LogP contribution >= 0.6 is 0 Å². The fraction of sp³-hybridized carbons (Fsp3) is 0.692. The largest absolute Gasteiger partial charge is 0.381 e. The Hall–Kier alpha value is -1.16. The fourth-order valence-electron chi connectivity index (χ4n) is 2.18. The average Bonchev–Trinajstić information content (AvgIpc) is 2.81. The first kappa shape index (κ1) is 12.3. The lowest BCUT2D eigenvalue weighted by atomic mass is 10.0. The molecule has 1 N–H and O–H groups in total. The van der Waals surface area contributed by atoms with Crippen LogP contribution in [0, 0.1) is 12.8 Å². The number of aromatic nitrogens is 2. The van der Waals surface area contributed by atoms with Gasteiger partial charge in [0.05, 0.1) is 6.61 Å². The molecule has 0 aromatic carbocycles. The van der Waals surface area contributed by atoms with Crippen LogP contribution in [0.4, 0.5) is 5.82 Å². The molecule has 2 atom stereocenters. The van der Waals surface area contributed by atoms with Crippen LogP contribution in [0.5, 0.6) is 0 Å². The quantitative estimate of drug-likeness (QED) is 0.869. The highest BCUT2D eigenvalue weighted by Crippen LogP contribution is 2.19. The van der Waals surface area contributed by atoms with Crippen molar-refractivity contribution in [2.45, 2.75) is 39.7 Å². The Morgan fingerprint density at radius 2 is 2.35 bits per heavy atom. The number of rotatable bonds is 4. The molecule has 0 aliphatic carbocycles. The van der Waals surface area contributed by atoms with Gasteiger partial charge in [-0.05, 0) is 26.7 Å². The molecule has 17 heavy (non-hydrogen) atoms. The predicted molar refractivity (Wildman–Crippen MR) is 68.2 cm³/mol. The zero-order valence-electron chi connectivity index (χ0n) is 10.9. The highest BCUT2D eigenvalue weighted by molar-refractivity contribution is 5.37. The van der Waals surface area contributed by atoms with Crippen molar-refractivity contribution in [2.24, 2.45) is 5.92 Å². The van der Waals surface area contributed by atoms with E-state index in [1.165, 1.54) is 0 Å². The topological polar surface area (TPSA) is 47.0 Å². The van der Waals surface area contributed by atoms with Gasteiger partial charge in [0.25, 0.3) is 0 Å². The van der Waals surface area contributed by atoms with Crippen LogP contribution in [0.15, 0.2) is 6.07 Å². The van der Waals surface area contributed by atoms with E-state index in [0.29, 0.717) is 12.0 Å². The Labute approximate surface area is 103 Å². The number of hydrogen-bond donors (Lipinski definition) is 1. The summed E-state index contributed by atoms with van der Waals surface area (Å²) < 4.78 is 5.41. The summed E-state index contributed by atoms with van der Waals surface area (Å²) in [4.78, 5) is 8.81. The lowest BCUT2D eigenvalue weighted by molar-refractivity contribution is 0.183. The first-order chi connectivity index (χ1) is 8.19. The molecule has 1 aromatic rings. The van der Waals surface area contributed by atoms with Crippen LogP contribution in [0.3, 0.4) is 0 Å². The standard InChI is InChI=1S/C13H21N3O/c1-4-12-7-13(16-10(3)15-12)14-9(2)11-5-6-17-8-11/h7,9,11H,4-6,8H2,1-3H3,(H,14,15,16).